The zero-order valence-electron chi connectivity index (χ0n) is 16.4. The summed E-state index contributed by atoms with van der Waals surface area (Å²) in [6, 6.07) is 13.3. The Morgan fingerprint density at radius 1 is 0.962 bits per heavy atom. The van der Waals surface area contributed by atoms with E-state index < -0.39 is 16.8 Å². The highest BCUT2D eigenvalue weighted by atomic mass is 32.2. The van der Waals surface area contributed by atoms with E-state index in [1.165, 1.54) is 0 Å². The van der Waals surface area contributed by atoms with E-state index in [4.69, 9.17) is 0 Å². The summed E-state index contributed by atoms with van der Waals surface area (Å²) >= 11 is 0. The molecule has 0 saturated heterocycles. The molecule has 0 amide bonds. The molecule has 0 heterocycles. The molecular formula is C22H28O3S. The lowest BCUT2D eigenvalue weighted by atomic mass is 9.79. The number of aromatic carboxylic acids is 1. The standard InChI is InChI=1S/C22H28O3S/c1-21(2,3)16-12-17(20(23)24)19(18(13-16)22(4,5)6)26(25)14-15-10-8-7-9-11-15/h7-13H,14H2,1-6H3,(H,23,24). The lowest BCUT2D eigenvalue weighted by Crippen LogP contribution is -2.22. The van der Waals surface area contributed by atoms with Crippen LogP contribution in [0.2, 0.25) is 0 Å². The molecule has 0 saturated carbocycles. The second kappa shape index (κ2) is 7.36. The average molecular weight is 373 g/mol. The molecule has 1 atom stereocenters. The van der Waals surface area contributed by atoms with Crippen LogP contribution >= 0.6 is 0 Å². The Labute approximate surface area is 158 Å². The van der Waals surface area contributed by atoms with Crippen LogP contribution in [0.4, 0.5) is 0 Å². The number of rotatable bonds is 4. The van der Waals surface area contributed by atoms with Crippen molar-refractivity contribution >= 4 is 16.8 Å². The maximum Gasteiger partial charge on any atom is 0.336 e. The van der Waals surface area contributed by atoms with Crippen LogP contribution in [-0.4, -0.2) is 15.3 Å². The third kappa shape index (κ3) is 4.61. The molecule has 1 unspecified atom stereocenters. The SMILES string of the molecule is CC(C)(C)c1cc(C(=O)O)c(S(=O)Cc2ccccc2)c(C(C)(C)C)c1. The fourth-order valence-electron chi connectivity index (χ4n) is 2.82. The molecule has 2 aromatic rings. The van der Waals surface area contributed by atoms with Crippen molar-refractivity contribution < 1.29 is 14.1 Å². The maximum atomic E-state index is 13.2. The Morgan fingerprint density at radius 2 is 1.54 bits per heavy atom. The van der Waals surface area contributed by atoms with Gasteiger partial charge in [-0.1, -0.05) is 77.9 Å². The Morgan fingerprint density at radius 3 is 2.00 bits per heavy atom. The predicted molar refractivity (Wildman–Crippen MR) is 107 cm³/mol. The van der Waals surface area contributed by atoms with Gasteiger partial charge in [0.2, 0.25) is 0 Å². The summed E-state index contributed by atoms with van der Waals surface area (Å²) in [5.74, 6) is -0.725. The van der Waals surface area contributed by atoms with E-state index in [1.807, 2.05) is 57.2 Å². The summed E-state index contributed by atoms with van der Waals surface area (Å²) in [6.07, 6.45) is 0. The normalized spacial score (nSPS) is 13.5. The van der Waals surface area contributed by atoms with Gasteiger partial charge in [0.15, 0.2) is 0 Å². The number of carbonyl (C=O) groups is 1. The van der Waals surface area contributed by atoms with Crippen LogP contribution in [0.1, 0.15) is 68.6 Å². The minimum Gasteiger partial charge on any atom is -0.478 e. The predicted octanol–water partition coefficient (Wildman–Crippen LogP) is 5.29. The Bertz CT molecular complexity index is 825. The first-order valence-electron chi connectivity index (χ1n) is 8.76. The summed E-state index contributed by atoms with van der Waals surface area (Å²) in [4.78, 5) is 12.4. The van der Waals surface area contributed by atoms with Crippen LogP contribution in [0.3, 0.4) is 0 Å². The number of hydrogen-bond acceptors (Lipinski definition) is 2. The summed E-state index contributed by atoms with van der Waals surface area (Å²) < 4.78 is 13.2. The summed E-state index contributed by atoms with van der Waals surface area (Å²) in [6.45, 7) is 12.3. The van der Waals surface area contributed by atoms with E-state index in [0.29, 0.717) is 10.6 Å². The molecule has 0 fully saturated rings. The van der Waals surface area contributed by atoms with Crippen molar-refractivity contribution in [2.24, 2.45) is 0 Å². The topological polar surface area (TPSA) is 54.4 Å². The van der Waals surface area contributed by atoms with Gasteiger partial charge in [-0.05, 0) is 33.6 Å². The molecule has 0 spiro atoms. The van der Waals surface area contributed by atoms with E-state index in [-0.39, 0.29) is 16.4 Å². The van der Waals surface area contributed by atoms with Gasteiger partial charge < -0.3 is 5.11 Å². The summed E-state index contributed by atoms with van der Waals surface area (Å²) in [5, 5.41) is 9.83. The number of hydrogen-bond donors (Lipinski definition) is 1. The van der Waals surface area contributed by atoms with Gasteiger partial charge in [0.05, 0.1) is 27.0 Å². The largest absolute Gasteiger partial charge is 0.478 e. The van der Waals surface area contributed by atoms with Crippen molar-refractivity contribution in [2.75, 3.05) is 0 Å². The van der Waals surface area contributed by atoms with Crippen LogP contribution in [0.15, 0.2) is 47.4 Å². The lowest BCUT2D eigenvalue weighted by molar-refractivity contribution is 0.0692. The molecule has 0 aliphatic carbocycles. The average Bonchev–Trinajstić information content (AvgIpc) is 2.52. The van der Waals surface area contributed by atoms with Gasteiger partial charge >= 0.3 is 5.97 Å². The molecule has 0 aromatic heterocycles. The van der Waals surface area contributed by atoms with Crippen molar-refractivity contribution in [3.8, 4) is 0 Å². The van der Waals surface area contributed by atoms with Crippen molar-refractivity contribution in [2.45, 2.75) is 63.0 Å². The smallest absolute Gasteiger partial charge is 0.336 e. The van der Waals surface area contributed by atoms with Gasteiger partial charge in [-0.2, -0.15) is 0 Å². The molecule has 0 aliphatic rings. The maximum absolute atomic E-state index is 13.2. The Balaban J connectivity index is 2.69. The first-order valence-corrected chi connectivity index (χ1v) is 10.1. The quantitative estimate of drug-likeness (QED) is 0.793. The summed E-state index contributed by atoms with van der Waals surface area (Å²) in [5.41, 5.74) is 2.37. The van der Waals surface area contributed by atoms with E-state index in [9.17, 15) is 14.1 Å². The fourth-order valence-corrected chi connectivity index (χ4v) is 4.46. The van der Waals surface area contributed by atoms with Crippen molar-refractivity contribution in [1.29, 1.82) is 0 Å². The van der Waals surface area contributed by atoms with Crippen LogP contribution in [0, 0.1) is 0 Å². The van der Waals surface area contributed by atoms with Crippen molar-refractivity contribution in [1.82, 2.24) is 0 Å². The minimum absolute atomic E-state index is 0.150. The van der Waals surface area contributed by atoms with Crippen LogP contribution in [0.5, 0.6) is 0 Å². The van der Waals surface area contributed by atoms with E-state index in [2.05, 4.69) is 20.8 Å². The molecule has 0 aliphatic heterocycles. The second-order valence-electron chi connectivity index (χ2n) is 8.68. The molecule has 2 aromatic carbocycles. The molecule has 2 rings (SSSR count). The number of carboxylic acids is 1. The third-order valence-corrected chi connectivity index (χ3v) is 5.85. The lowest BCUT2D eigenvalue weighted by Gasteiger charge is -2.28. The molecular weight excluding hydrogens is 344 g/mol. The second-order valence-corrected chi connectivity index (χ2v) is 10.1. The molecule has 0 radical (unpaired) electrons. The molecule has 1 N–H and O–H groups in total. The highest BCUT2D eigenvalue weighted by molar-refractivity contribution is 7.84. The van der Waals surface area contributed by atoms with E-state index in [0.717, 1.165) is 16.7 Å². The number of carboxylic acid groups (broad SMARTS) is 1. The van der Waals surface area contributed by atoms with Gasteiger partial charge in [0, 0.05) is 0 Å². The third-order valence-electron chi connectivity index (χ3n) is 4.36. The molecule has 140 valence electrons. The van der Waals surface area contributed by atoms with Gasteiger partial charge in [-0.3, -0.25) is 4.21 Å². The van der Waals surface area contributed by atoms with Gasteiger partial charge in [-0.25, -0.2) is 4.79 Å². The summed E-state index contributed by atoms with van der Waals surface area (Å²) in [7, 11) is -1.44. The Hall–Kier alpha value is -1.94. The van der Waals surface area contributed by atoms with E-state index >= 15 is 0 Å². The Kier molecular flexibility index (Phi) is 5.76. The van der Waals surface area contributed by atoms with Gasteiger partial charge in [0.1, 0.15) is 0 Å². The van der Waals surface area contributed by atoms with E-state index in [1.54, 1.807) is 6.07 Å². The van der Waals surface area contributed by atoms with Crippen LogP contribution in [0.25, 0.3) is 0 Å². The zero-order chi connectivity index (χ0) is 19.7. The van der Waals surface area contributed by atoms with Crippen LogP contribution < -0.4 is 0 Å². The number of benzene rings is 2. The molecule has 26 heavy (non-hydrogen) atoms. The zero-order valence-corrected chi connectivity index (χ0v) is 17.2. The minimum atomic E-state index is -1.44. The highest BCUT2D eigenvalue weighted by Gasteiger charge is 2.29. The fraction of sp³-hybridized carbons (Fsp3) is 0.409. The van der Waals surface area contributed by atoms with Gasteiger partial charge in [-0.15, -0.1) is 0 Å². The van der Waals surface area contributed by atoms with Crippen LogP contribution in [-0.2, 0) is 27.4 Å². The van der Waals surface area contributed by atoms with Gasteiger partial charge in [0.25, 0.3) is 0 Å². The molecule has 3 nitrogen and oxygen atoms in total. The first-order chi connectivity index (χ1) is 11.9. The van der Waals surface area contributed by atoms with Crippen molar-refractivity contribution in [3.63, 3.8) is 0 Å². The first kappa shape index (κ1) is 20.4. The van der Waals surface area contributed by atoms with Crippen molar-refractivity contribution in [3.05, 3.63) is 64.7 Å². The molecule has 4 heteroatoms. The highest BCUT2D eigenvalue weighted by Crippen LogP contribution is 2.36. The monoisotopic (exact) mass is 372 g/mol. The molecule has 0 bridgehead atoms.